The van der Waals surface area contributed by atoms with Crippen LogP contribution in [0.1, 0.15) is 18.4 Å². The van der Waals surface area contributed by atoms with Gasteiger partial charge in [0.25, 0.3) is 0 Å². The van der Waals surface area contributed by atoms with Gasteiger partial charge in [-0.3, -0.25) is 0 Å². The quantitative estimate of drug-likeness (QED) is 0.692. The van der Waals surface area contributed by atoms with Crippen molar-refractivity contribution < 1.29 is 10.2 Å². The molecule has 2 rings (SSSR count). The van der Waals surface area contributed by atoms with E-state index >= 15 is 0 Å². The molecule has 1 fully saturated rings. The van der Waals surface area contributed by atoms with Gasteiger partial charge in [-0.1, -0.05) is 30.3 Å². The Balaban J connectivity index is 1.74. The molecule has 0 spiro atoms. The Morgan fingerprint density at radius 1 is 1.12 bits per heavy atom. The number of hydrogen-bond acceptors (Lipinski definition) is 3. The minimum atomic E-state index is -0.228. The molecule has 16 heavy (non-hydrogen) atoms. The van der Waals surface area contributed by atoms with Crippen molar-refractivity contribution in [1.82, 2.24) is 5.32 Å². The molecule has 1 aliphatic rings. The largest absolute Gasteiger partial charge is 0.396 e. The first-order chi connectivity index (χ1) is 7.78. The van der Waals surface area contributed by atoms with Gasteiger partial charge in [-0.15, -0.1) is 0 Å². The van der Waals surface area contributed by atoms with E-state index in [9.17, 15) is 0 Å². The number of benzene rings is 1. The maximum absolute atomic E-state index is 9.15. The molecule has 1 aromatic rings. The van der Waals surface area contributed by atoms with E-state index in [1.165, 1.54) is 5.56 Å². The van der Waals surface area contributed by atoms with Crippen LogP contribution in [-0.2, 0) is 6.54 Å². The average Bonchev–Trinajstić information content (AvgIpc) is 2.30. The molecule has 0 unspecified atom stereocenters. The van der Waals surface area contributed by atoms with E-state index in [-0.39, 0.29) is 18.6 Å². The molecular formula is C13H19NO2. The van der Waals surface area contributed by atoms with E-state index in [4.69, 9.17) is 10.2 Å². The maximum atomic E-state index is 9.15. The zero-order chi connectivity index (χ0) is 11.4. The van der Waals surface area contributed by atoms with Crippen molar-refractivity contribution in [3.8, 4) is 0 Å². The van der Waals surface area contributed by atoms with Gasteiger partial charge in [-0.25, -0.2) is 0 Å². The highest BCUT2D eigenvalue weighted by Crippen LogP contribution is 2.40. The van der Waals surface area contributed by atoms with Crippen LogP contribution in [0.5, 0.6) is 0 Å². The zero-order valence-electron chi connectivity index (χ0n) is 9.39. The van der Waals surface area contributed by atoms with E-state index in [1.807, 2.05) is 18.2 Å². The highest BCUT2D eigenvalue weighted by Gasteiger charge is 2.42. The highest BCUT2D eigenvalue weighted by atomic mass is 16.3. The molecule has 3 nitrogen and oxygen atoms in total. The molecule has 0 heterocycles. The molecule has 0 bridgehead atoms. The molecule has 88 valence electrons. The van der Waals surface area contributed by atoms with Crippen molar-refractivity contribution >= 4 is 0 Å². The number of hydrogen-bond donors (Lipinski definition) is 3. The van der Waals surface area contributed by atoms with Crippen molar-refractivity contribution in [3.63, 3.8) is 0 Å². The lowest BCUT2D eigenvalue weighted by Crippen LogP contribution is -2.52. The molecule has 0 aromatic heterocycles. The van der Waals surface area contributed by atoms with Crippen molar-refractivity contribution in [2.75, 3.05) is 13.2 Å². The van der Waals surface area contributed by atoms with E-state index in [2.05, 4.69) is 17.4 Å². The Bertz CT molecular complexity index is 314. The van der Waals surface area contributed by atoms with Gasteiger partial charge in [-0.05, 0) is 18.4 Å². The van der Waals surface area contributed by atoms with Crippen molar-refractivity contribution in [2.45, 2.75) is 25.4 Å². The van der Waals surface area contributed by atoms with Gasteiger partial charge in [0, 0.05) is 18.0 Å². The third-order valence-electron chi connectivity index (χ3n) is 3.47. The fourth-order valence-corrected chi connectivity index (χ4v) is 2.30. The highest BCUT2D eigenvalue weighted by molar-refractivity contribution is 5.14. The van der Waals surface area contributed by atoms with E-state index in [1.54, 1.807) is 0 Å². The minimum absolute atomic E-state index is 0.0903. The van der Waals surface area contributed by atoms with Gasteiger partial charge in [0.05, 0.1) is 13.2 Å². The summed E-state index contributed by atoms with van der Waals surface area (Å²) >= 11 is 0. The second kappa shape index (κ2) is 4.95. The second-order valence-corrected chi connectivity index (χ2v) is 4.79. The first-order valence-corrected chi connectivity index (χ1v) is 5.77. The predicted molar refractivity (Wildman–Crippen MR) is 62.9 cm³/mol. The molecule has 3 N–H and O–H groups in total. The van der Waals surface area contributed by atoms with Gasteiger partial charge < -0.3 is 15.5 Å². The number of nitrogens with one attached hydrogen (secondary N) is 1. The Morgan fingerprint density at radius 3 is 2.31 bits per heavy atom. The lowest BCUT2D eigenvalue weighted by molar-refractivity contribution is -0.0321. The second-order valence-electron chi connectivity index (χ2n) is 4.79. The Morgan fingerprint density at radius 2 is 1.75 bits per heavy atom. The Hall–Kier alpha value is -0.900. The molecule has 0 atom stereocenters. The van der Waals surface area contributed by atoms with Crippen LogP contribution in [0, 0.1) is 5.41 Å². The van der Waals surface area contributed by atoms with Crippen LogP contribution in [0.15, 0.2) is 30.3 Å². The topological polar surface area (TPSA) is 52.5 Å². The Kier molecular flexibility index (Phi) is 3.59. The molecule has 1 saturated carbocycles. The van der Waals surface area contributed by atoms with Crippen LogP contribution in [0.4, 0.5) is 0 Å². The summed E-state index contributed by atoms with van der Waals surface area (Å²) in [6.07, 6.45) is 1.74. The number of aliphatic hydroxyl groups is 2. The molecule has 0 amide bonds. The van der Waals surface area contributed by atoms with Crippen LogP contribution in [0.25, 0.3) is 0 Å². The van der Waals surface area contributed by atoms with Crippen LogP contribution in [0.3, 0.4) is 0 Å². The molecule has 1 aliphatic carbocycles. The lowest BCUT2D eigenvalue weighted by Gasteiger charge is -2.45. The van der Waals surface area contributed by atoms with Crippen LogP contribution >= 0.6 is 0 Å². The number of aliphatic hydroxyl groups excluding tert-OH is 2. The molecule has 1 aromatic carbocycles. The fraction of sp³-hybridized carbons (Fsp3) is 0.538. The average molecular weight is 221 g/mol. The zero-order valence-corrected chi connectivity index (χ0v) is 9.39. The first-order valence-electron chi connectivity index (χ1n) is 5.77. The van der Waals surface area contributed by atoms with Gasteiger partial charge in [0.1, 0.15) is 0 Å². The van der Waals surface area contributed by atoms with Crippen LogP contribution < -0.4 is 5.32 Å². The van der Waals surface area contributed by atoms with Crippen molar-refractivity contribution in [2.24, 2.45) is 5.41 Å². The molecule has 0 saturated heterocycles. The monoisotopic (exact) mass is 221 g/mol. The summed E-state index contributed by atoms with van der Waals surface area (Å²) < 4.78 is 0. The van der Waals surface area contributed by atoms with Crippen molar-refractivity contribution in [3.05, 3.63) is 35.9 Å². The smallest absolute Gasteiger partial charge is 0.0510 e. The van der Waals surface area contributed by atoms with Crippen molar-refractivity contribution in [1.29, 1.82) is 0 Å². The van der Waals surface area contributed by atoms with Crippen LogP contribution in [0.2, 0.25) is 0 Å². The molecule has 0 aliphatic heterocycles. The van der Waals surface area contributed by atoms with E-state index in [0.29, 0.717) is 6.04 Å². The molecule has 0 radical (unpaired) electrons. The van der Waals surface area contributed by atoms with E-state index < -0.39 is 0 Å². The summed E-state index contributed by atoms with van der Waals surface area (Å²) in [5.74, 6) is 0. The Labute approximate surface area is 96.1 Å². The van der Waals surface area contributed by atoms with Gasteiger partial charge in [-0.2, -0.15) is 0 Å². The number of rotatable bonds is 5. The summed E-state index contributed by atoms with van der Waals surface area (Å²) in [5.41, 5.74) is 1.04. The standard InChI is InChI=1S/C13H19NO2/c15-9-13(10-16)6-12(7-13)14-8-11-4-2-1-3-5-11/h1-5,12,14-16H,6-10H2. The molecular weight excluding hydrogens is 202 g/mol. The summed E-state index contributed by atoms with van der Waals surface area (Å²) in [6.45, 7) is 1.04. The van der Waals surface area contributed by atoms with Crippen LogP contribution in [-0.4, -0.2) is 29.5 Å². The SMILES string of the molecule is OCC1(CO)CC(NCc2ccccc2)C1. The lowest BCUT2D eigenvalue weighted by atomic mass is 9.66. The normalized spacial score (nSPS) is 19.4. The summed E-state index contributed by atoms with van der Waals surface area (Å²) in [5, 5.41) is 21.7. The fourth-order valence-electron chi connectivity index (χ4n) is 2.30. The maximum Gasteiger partial charge on any atom is 0.0510 e. The third kappa shape index (κ3) is 2.43. The third-order valence-corrected chi connectivity index (χ3v) is 3.47. The summed E-state index contributed by atoms with van der Waals surface area (Å²) in [4.78, 5) is 0. The predicted octanol–water partition coefficient (Wildman–Crippen LogP) is 0.910. The summed E-state index contributed by atoms with van der Waals surface area (Å²) in [7, 11) is 0. The first kappa shape index (κ1) is 11.6. The van der Waals surface area contributed by atoms with Gasteiger partial charge in [0.2, 0.25) is 0 Å². The minimum Gasteiger partial charge on any atom is -0.396 e. The van der Waals surface area contributed by atoms with Gasteiger partial charge in [0.15, 0.2) is 0 Å². The molecule has 3 heteroatoms. The summed E-state index contributed by atoms with van der Waals surface area (Å²) in [6, 6.07) is 10.7. The van der Waals surface area contributed by atoms with Gasteiger partial charge >= 0.3 is 0 Å². The van der Waals surface area contributed by atoms with E-state index in [0.717, 1.165) is 19.4 Å².